The first kappa shape index (κ1) is 13.0. The average molecular weight is 254 g/mol. The molecular formula is C13H16F2N2O. The highest BCUT2D eigenvalue weighted by Crippen LogP contribution is 2.14. The SMILES string of the molecule is CC(NC(=O)c1ccc(F)cc1F)C1CCNC1. The Morgan fingerprint density at radius 2 is 2.28 bits per heavy atom. The van der Waals surface area contributed by atoms with Crippen LogP contribution in [0.1, 0.15) is 23.7 Å². The van der Waals surface area contributed by atoms with Crippen LogP contribution in [0.3, 0.4) is 0 Å². The predicted molar refractivity (Wildman–Crippen MR) is 64.3 cm³/mol. The Bertz CT molecular complexity index is 445. The van der Waals surface area contributed by atoms with E-state index in [9.17, 15) is 13.6 Å². The molecule has 2 atom stereocenters. The monoisotopic (exact) mass is 254 g/mol. The van der Waals surface area contributed by atoms with Crippen LogP contribution < -0.4 is 10.6 Å². The van der Waals surface area contributed by atoms with Gasteiger partial charge in [0, 0.05) is 12.1 Å². The zero-order valence-electron chi connectivity index (χ0n) is 10.2. The molecular weight excluding hydrogens is 238 g/mol. The van der Waals surface area contributed by atoms with Crippen molar-refractivity contribution in [2.45, 2.75) is 19.4 Å². The highest BCUT2D eigenvalue weighted by atomic mass is 19.1. The molecule has 2 N–H and O–H groups in total. The van der Waals surface area contributed by atoms with Gasteiger partial charge in [0.1, 0.15) is 11.6 Å². The van der Waals surface area contributed by atoms with Gasteiger partial charge in [-0.15, -0.1) is 0 Å². The van der Waals surface area contributed by atoms with Gasteiger partial charge in [-0.25, -0.2) is 8.78 Å². The molecule has 0 saturated carbocycles. The Labute approximate surface area is 105 Å². The van der Waals surface area contributed by atoms with Crippen LogP contribution in [0.5, 0.6) is 0 Å². The van der Waals surface area contributed by atoms with Gasteiger partial charge >= 0.3 is 0 Å². The molecule has 0 spiro atoms. The first-order valence-corrected chi connectivity index (χ1v) is 6.04. The van der Waals surface area contributed by atoms with Gasteiger partial charge in [0.05, 0.1) is 5.56 Å². The summed E-state index contributed by atoms with van der Waals surface area (Å²) in [5.41, 5.74) is -0.116. The van der Waals surface area contributed by atoms with E-state index < -0.39 is 17.5 Å². The molecule has 1 aromatic carbocycles. The molecule has 1 saturated heterocycles. The fourth-order valence-electron chi connectivity index (χ4n) is 2.18. The van der Waals surface area contributed by atoms with Crippen molar-refractivity contribution in [1.29, 1.82) is 0 Å². The summed E-state index contributed by atoms with van der Waals surface area (Å²) in [6.07, 6.45) is 0.993. The van der Waals surface area contributed by atoms with Crippen LogP contribution >= 0.6 is 0 Å². The highest BCUT2D eigenvalue weighted by Gasteiger charge is 2.23. The van der Waals surface area contributed by atoms with Crippen molar-refractivity contribution < 1.29 is 13.6 Å². The summed E-state index contributed by atoms with van der Waals surface area (Å²) < 4.78 is 26.2. The number of hydrogen-bond acceptors (Lipinski definition) is 2. The quantitative estimate of drug-likeness (QED) is 0.862. The minimum absolute atomic E-state index is 0.0306. The van der Waals surface area contributed by atoms with Crippen LogP contribution in [0.15, 0.2) is 18.2 Å². The lowest BCUT2D eigenvalue weighted by molar-refractivity contribution is 0.0924. The molecule has 1 amide bonds. The Balaban J connectivity index is 2.02. The number of amides is 1. The van der Waals surface area contributed by atoms with Gasteiger partial charge in [-0.05, 0) is 44.5 Å². The van der Waals surface area contributed by atoms with Gasteiger partial charge in [-0.2, -0.15) is 0 Å². The van der Waals surface area contributed by atoms with E-state index in [-0.39, 0.29) is 11.6 Å². The maximum atomic E-state index is 13.4. The molecule has 2 unspecified atom stereocenters. The van der Waals surface area contributed by atoms with E-state index in [0.29, 0.717) is 5.92 Å². The van der Waals surface area contributed by atoms with Crippen molar-refractivity contribution >= 4 is 5.91 Å². The molecule has 0 radical (unpaired) electrons. The number of hydrogen-bond donors (Lipinski definition) is 2. The van der Waals surface area contributed by atoms with E-state index >= 15 is 0 Å². The lowest BCUT2D eigenvalue weighted by atomic mass is 10.0. The van der Waals surface area contributed by atoms with Crippen LogP contribution in [0, 0.1) is 17.6 Å². The minimum Gasteiger partial charge on any atom is -0.349 e. The number of rotatable bonds is 3. The number of carbonyl (C=O) groups excluding carboxylic acids is 1. The highest BCUT2D eigenvalue weighted by molar-refractivity contribution is 5.94. The summed E-state index contributed by atoms with van der Waals surface area (Å²) >= 11 is 0. The molecule has 5 heteroatoms. The van der Waals surface area contributed by atoms with Gasteiger partial charge in [0.2, 0.25) is 0 Å². The van der Waals surface area contributed by atoms with Crippen molar-refractivity contribution in [3.8, 4) is 0 Å². The third kappa shape index (κ3) is 2.85. The standard InChI is InChI=1S/C13H16F2N2O/c1-8(9-4-5-16-7-9)17-13(18)11-3-2-10(14)6-12(11)15/h2-3,6,8-9,16H,4-5,7H2,1H3,(H,17,18). The van der Waals surface area contributed by atoms with E-state index in [2.05, 4.69) is 10.6 Å². The lowest BCUT2D eigenvalue weighted by Gasteiger charge is -2.19. The van der Waals surface area contributed by atoms with E-state index in [1.165, 1.54) is 6.07 Å². The summed E-state index contributed by atoms with van der Waals surface area (Å²) in [4.78, 5) is 11.8. The van der Waals surface area contributed by atoms with Gasteiger partial charge in [-0.1, -0.05) is 0 Å². The molecule has 18 heavy (non-hydrogen) atoms. The molecule has 2 rings (SSSR count). The maximum Gasteiger partial charge on any atom is 0.254 e. The number of nitrogens with one attached hydrogen (secondary N) is 2. The molecule has 3 nitrogen and oxygen atoms in total. The second kappa shape index (κ2) is 5.44. The first-order valence-electron chi connectivity index (χ1n) is 6.04. The van der Waals surface area contributed by atoms with Crippen molar-refractivity contribution in [3.05, 3.63) is 35.4 Å². The Morgan fingerprint density at radius 1 is 1.50 bits per heavy atom. The molecule has 1 aliphatic rings. The maximum absolute atomic E-state index is 13.4. The van der Waals surface area contributed by atoms with Crippen molar-refractivity contribution in [1.82, 2.24) is 10.6 Å². The summed E-state index contributed by atoms with van der Waals surface area (Å²) in [6, 6.07) is 2.94. The number of benzene rings is 1. The Kier molecular flexibility index (Phi) is 3.91. The smallest absolute Gasteiger partial charge is 0.254 e. The molecule has 1 heterocycles. The zero-order chi connectivity index (χ0) is 13.1. The first-order chi connectivity index (χ1) is 8.58. The van der Waals surface area contributed by atoms with Gasteiger partial charge in [0.25, 0.3) is 5.91 Å². The van der Waals surface area contributed by atoms with Crippen LogP contribution in [0.25, 0.3) is 0 Å². The molecule has 1 aliphatic heterocycles. The summed E-state index contributed by atoms with van der Waals surface area (Å²) in [5, 5.41) is 5.97. The Hall–Kier alpha value is -1.49. The minimum atomic E-state index is -0.829. The predicted octanol–water partition coefficient (Wildman–Crippen LogP) is 1.69. The van der Waals surface area contributed by atoms with E-state index in [1.54, 1.807) is 0 Å². The third-order valence-corrected chi connectivity index (χ3v) is 3.34. The zero-order valence-corrected chi connectivity index (χ0v) is 10.2. The molecule has 98 valence electrons. The van der Waals surface area contributed by atoms with Crippen molar-refractivity contribution in [2.24, 2.45) is 5.92 Å². The van der Waals surface area contributed by atoms with Crippen LogP contribution in [0.4, 0.5) is 8.78 Å². The molecule has 1 fully saturated rings. The molecule has 0 aromatic heterocycles. The van der Waals surface area contributed by atoms with E-state index in [4.69, 9.17) is 0 Å². The van der Waals surface area contributed by atoms with Crippen LogP contribution in [0.2, 0.25) is 0 Å². The van der Waals surface area contributed by atoms with Crippen molar-refractivity contribution in [3.63, 3.8) is 0 Å². The molecule has 0 aliphatic carbocycles. The van der Waals surface area contributed by atoms with Gasteiger partial charge in [-0.3, -0.25) is 4.79 Å². The molecule has 1 aromatic rings. The van der Waals surface area contributed by atoms with Gasteiger partial charge in [0.15, 0.2) is 0 Å². The summed E-state index contributed by atoms with van der Waals surface area (Å²) in [7, 11) is 0. The van der Waals surface area contributed by atoms with E-state index in [0.717, 1.165) is 31.6 Å². The lowest BCUT2D eigenvalue weighted by Crippen LogP contribution is -2.39. The van der Waals surface area contributed by atoms with Crippen LogP contribution in [-0.4, -0.2) is 25.0 Å². The Morgan fingerprint density at radius 3 is 2.89 bits per heavy atom. The third-order valence-electron chi connectivity index (χ3n) is 3.34. The van der Waals surface area contributed by atoms with Gasteiger partial charge < -0.3 is 10.6 Å². The van der Waals surface area contributed by atoms with E-state index in [1.807, 2.05) is 6.92 Å². The topological polar surface area (TPSA) is 41.1 Å². The number of halogens is 2. The summed E-state index contributed by atoms with van der Waals surface area (Å²) in [5.74, 6) is -1.65. The largest absolute Gasteiger partial charge is 0.349 e. The second-order valence-corrected chi connectivity index (χ2v) is 4.64. The molecule has 0 bridgehead atoms. The normalized spacial score (nSPS) is 20.7. The fourth-order valence-corrected chi connectivity index (χ4v) is 2.18. The average Bonchev–Trinajstić information content (AvgIpc) is 2.81. The van der Waals surface area contributed by atoms with Crippen LogP contribution in [-0.2, 0) is 0 Å². The number of carbonyl (C=O) groups is 1. The fraction of sp³-hybridized carbons (Fsp3) is 0.462. The summed E-state index contributed by atoms with van der Waals surface area (Å²) in [6.45, 7) is 3.69. The second-order valence-electron chi connectivity index (χ2n) is 4.64. The van der Waals surface area contributed by atoms with Crippen molar-refractivity contribution in [2.75, 3.05) is 13.1 Å².